The lowest BCUT2D eigenvalue weighted by atomic mass is 10.2. The third kappa shape index (κ3) is 5.27. The number of nitrogens with one attached hydrogen (secondary N) is 1. The molecule has 2 rings (SSSR count). The summed E-state index contributed by atoms with van der Waals surface area (Å²) in [5, 5.41) is 14.2. The Morgan fingerprint density at radius 1 is 1.28 bits per heavy atom. The van der Waals surface area contributed by atoms with Crippen molar-refractivity contribution in [2.24, 2.45) is 5.10 Å². The molecule has 0 aliphatic carbocycles. The van der Waals surface area contributed by atoms with Crippen molar-refractivity contribution in [1.29, 1.82) is 0 Å². The van der Waals surface area contributed by atoms with Gasteiger partial charge in [-0.15, -0.1) is 0 Å². The topological polar surface area (TPSA) is 80.2 Å². The number of carbonyl (C=O) groups excluding carboxylic acids is 1. The van der Waals surface area contributed by atoms with Gasteiger partial charge in [-0.25, -0.2) is 5.43 Å². The summed E-state index contributed by atoms with van der Waals surface area (Å²) in [6.07, 6.45) is 1.37. The molecule has 2 aromatic rings. The molecule has 0 saturated carbocycles. The Labute approximate surface area is 155 Å². The standard InChI is InChI=1S/C17H16Cl2N2O4/c1-10-5-12(3-4-13(10)18)25-9-16(22)21-20-8-11-6-14(19)17(23)15(7-11)24-2/h3-8,23H,9H2,1-2H3,(H,21,22)/b20-8+. The minimum atomic E-state index is -0.430. The van der Waals surface area contributed by atoms with E-state index in [0.29, 0.717) is 16.3 Å². The van der Waals surface area contributed by atoms with Gasteiger partial charge < -0.3 is 14.6 Å². The van der Waals surface area contributed by atoms with Gasteiger partial charge in [0.2, 0.25) is 0 Å². The molecule has 0 fully saturated rings. The van der Waals surface area contributed by atoms with Crippen molar-refractivity contribution in [1.82, 2.24) is 5.43 Å². The number of hydrazone groups is 1. The van der Waals surface area contributed by atoms with E-state index in [1.165, 1.54) is 25.5 Å². The lowest BCUT2D eigenvalue weighted by Crippen LogP contribution is -2.24. The van der Waals surface area contributed by atoms with Gasteiger partial charge in [-0.05, 0) is 48.4 Å². The van der Waals surface area contributed by atoms with E-state index in [4.69, 9.17) is 32.7 Å². The second-order valence-corrected chi connectivity index (χ2v) is 5.86. The number of hydrogen-bond donors (Lipinski definition) is 2. The van der Waals surface area contributed by atoms with Crippen LogP contribution >= 0.6 is 23.2 Å². The van der Waals surface area contributed by atoms with Crippen LogP contribution in [0.1, 0.15) is 11.1 Å². The molecule has 8 heteroatoms. The third-order valence-electron chi connectivity index (χ3n) is 3.17. The maximum absolute atomic E-state index is 11.7. The van der Waals surface area contributed by atoms with Gasteiger partial charge in [0.25, 0.3) is 5.91 Å². The van der Waals surface area contributed by atoms with Crippen LogP contribution in [0.15, 0.2) is 35.4 Å². The number of benzene rings is 2. The summed E-state index contributed by atoms with van der Waals surface area (Å²) < 4.78 is 10.3. The molecule has 0 atom stereocenters. The Morgan fingerprint density at radius 3 is 2.72 bits per heavy atom. The highest BCUT2D eigenvalue weighted by Gasteiger charge is 2.08. The van der Waals surface area contributed by atoms with Crippen LogP contribution in [0.2, 0.25) is 10.0 Å². The summed E-state index contributed by atoms with van der Waals surface area (Å²) in [4.78, 5) is 11.7. The summed E-state index contributed by atoms with van der Waals surface area (Å²) in [6.45, 7) is 1.65. The molecule has 0 aliphatic rings. The van der Waals surface area contributed by atoms with Crippen LogP contribution in [0.3, 0.4) is 0 Å². The summed E-state index contributed by atoms with van der Waals surface area (Å²) in [5.41, 5.74) is 3.74. The number of halogens is 2. The zero-order chi connectivity index (χ0) is 18.4. The highest BCUT2D eigenvalue weighted by atomic mass is 35.5. The van der Waals surface area contributed by atoms with Crippen molar-refractivity contribution in [3.05, 3.63) is 51.5 Å². The van der Waals surface area contributed by atoms with Crippen LogP contribution in [-0.2, 0) is 4.79 Å². The zero-order valence-electron chi connectivity index (χ0n) is 13.5. The third-order valence-corrected chi connectivity index (χ3v) is 3.89. The van der Waals surface area contributed by atoms with Crippen molar-refractivity contribution in [3.8, 4) is 17.2 Å². The first-order chi connectivity index (χ1) is 11.9. The predicted molar refractivity (Wildman–Crippen MR) is 97.1 cm³/mol. The van der Waals surface area contributed by atoms with Crippen LogP contribution < -0.4 is 14.9 Å². The number of aryl methyl sites for hydroxylation is 1. The van der Waals surface area contributed by atoms with Gasteiger partial charge in [0, 0.05) is 5.02 Å². The number of hydrogen-bond acceptors (Lipinski definition) is 5. The fraction of sp³-hybridized carbons (Fsp3) is 0.176. The van der Waals surface area contributed by atoms with Crippen molar-refractivity contribution in [3.63, 3.8) is 0 Å². The lowest BCUT2D eigenvalue weighted by Gasteiger charge is -2.07. The quantitative estimate of drug-likeness (QED) is 0.591. The van der Waals surface area contributed by atoms with Crippen molar-refractivity contribution >= 4 is 35.3 Å². The SMILES string of the molecule is COc1cc(/C=N/NC(=O)COc2ccc(Cl)c(C)c2)cc(Cl)c1O. The first-order valence-corrected chi connectivity index (χ1v) is 7.93. The van der Waals surface area contributed by atoms with Crippen molar-refractivity contribution in [2.45, 2.75) is 6.92 Å². The maximum atomic E-state index is 11.7. The fourth-order valence-electron chi connectivity index (χ4n) is 1.89. The van der Waals surface area contributed by atoms with Crippen LogP contribution in [0.25, 0.3) is 0 Å². The van der Waals surface area contributed by atoms with Gasteiger partial charge in [0.05, 0.1) is 18.3 Å². The summed E-state index contributed by atoms with van der Waals surface area (Å²) >= 11 is 11.8. The number of phenolic OH excluding ortho intramolecular Hbond substituents is 1. The van der Waals surface area contributed by atoms with E-state index in [0.717, 1.165) is 5.56 Å². The summed E-state index contributed by atoms with van der Waals surface area (Å²) in [6, 6.07) is 8.14. The highest BCUT2D eigenvalue weighted by molar-refractivity contribution is 6.32. The summed E-state index contributed by atoms with van der Waals surface area (Å²) in [7, 11) is 1.41. The highest BCUT2D eigenvalue weighted by Crippen LogP contribution is 2.34. The van der Waals surface area contributed by atoms with Crippen molar-refractivity contribution < 1.29 is 19.4 Å². The van der Waals surface area contributed by atoms with Crippen LogP contribution in [0, 0.1) is 6.92 Å². The predicted octanol–water partition coefficient (Wildman–Crippen LogP) is 3.55. The molecule has 0 saturated heterocycles. The number of phenols is 1. The molecule has 0 radical (unpaired) electrons. The monoisotopic (exact) mass is 382 g/mol. The van der Waals surface area contributed by atoms with E-state index >= 15 is 0 Å². The Balaban J connectivity index is 1.90. The molecule has 0 aliphatic heterocycles. The van der Waals surface area contributed by atoms with E-state index in [-0.39, 0.29) is 23.1 Å². The van der Waals surface area contributed by atoms with Gasteiger partial charge in [-0.1, -0.05) is 23.2 Å². The Kier molecular flexibility index (Phi) is 6.50. The molecule has 0 spiro atoms. The smallest absolute Gasteiger partial charge is 0.277 e. The average Bonchev–Trinajstić information content (AvgIpc) is 2.59. The van der Waals surface area contributed by atoms with E-state index in [1.807, 2.05) is 6.92 Å². The maximum Gasteiger partial charge on any atom is 0.277 e. The molecule has 2 aromatic carbocycles. The number of aromatic hydroxyl groups is 1. The van der Waals surface area contributed by atoms with Gasteiger partial charge in [0.15, 0.2) is 18.1 Å². The van der Waals surface area contributed by atoms with Gasteiger partial charge in [-0.3, -0.25) is 4.79 Å². The van der Waals surface area contributed by atoms with Crippen LogP contribution in [0.4, 0.5) is 0 Å². The normalized spacial score (nSPS) is 10.7. The molecule has 0 unspecified atom stereocenters. The first kappa shape index (κ1) is 18.9. The van der Waals surface area contributed by atoms with Gasteiger partial charge >= 0.3 is 0 Å². The molecule has 132 valence electrons. The van der Waals surface area contributed by atoms with Gasteiger partial charge in [-0.2, -0.15) is 5.10 Å². The Bertz CT molecular complexity index is 809. The Hall–Kier alpha value is -2.44. The molecule has 0 aromatic heterocycles. The minimum Gasteiger partial charge on any atom is -0.503 e. The summed E-state index contributed by atoms with van der Waals surface area (Å²) in [5.74, 6) is 0.163. The van der Waals surface area contributed by atoms with Gasteiger partial charge in [0.1, 0.15) is 5.75 Å². The minimum absolute atomic E-state index is 0.119. The number of amides is 1. The number of ether oxygens (including phenoxy) is 2. The number of rotatable bonds is 6. The Morgan fingerprint density at radius 2 is 2.04 bits per heavy atom. The molecular formula is C17H16Cl2N2O4. The molecule has 0 heterocycles. The van der Waals surface area contributed by atoms with E-state index in [2.05, 4.69) is 10.5 Å². The second kappa shape index (κ2) is 8.60. The zero-order valence-corrected chi connectivity index (χ0v) is 15.1. The average molecular weight is 383 g/mol. The molecule has 25 heavy (non-hydrogen) atoms. The largest absolute Gasteiger partial charge is 0.503 e. The number of carbonyl (C=O) groups is 1. The second-order valence-electron chi connectivity index (χ2n) is 5.05. The first-order valence-electron chi connectivity index (χ1n) is 7.18. The number of methoxy groups -OCH3 is 1. The molecule has 2 N–H and O–H groups in total. The lowest BCUT2D eigenvalue weighted by molar-refractivity contribution is -0.123. The number of nitrogens with zero attached hydrogens (tertiary/aromatic N) is 1. The fourth-order valence-corrected chi connectivity index (χ4v) is 2.23. The van der Waals surface area contributed by atoms with E-state index < -0.39 is 5.91 Å². The molecule has 1 amide bonds. The van der Waals surface area contributed by atoms with Crippen LogP contribution in [0.5, 0.6) is 17.2 Å². The van der Waals surface area contributed by atoms with E-state index in [1.54, 1.807) is 18.2 Å². The van der Waals surface area contributed by atoms with Crippen molar-refractivity contribution in [2.75, 3.05) is 13.7 Å². The molecule has 6 nitrogen and oxygen atoms in total. The van der Waals surface area contributed by atoms with Crippen LogP contribution in [-0.4, -0.2) is 30.9 Å². The molecular weight excluding hydrogens is 367 g/mol. The van der Waals surface area contributed by atoms with E-state index in [9.17, 15) is 9.90 Å². The molecule has 0 bridgehead atoms.